The van der Waals surface area contributed by atoms with Crippen LogP contribution < -0.4 is 9.64 Å². The van der Waals surface area contributed by atoms with Gasteiger partial charge in [-0.3, -0.25) is 4.79 Å². The third kappa shape index (κ3) is 3.78. The molecule has 0 unspecified atom stereocenters. The molecule has 1 atom stereocenters. The Kier molecular flexibility index (Phi) is 5.46. The summed E-state index contributed by atoms with van der Waals surface area (Å²) in [4.78, 5) is 19.7. The molecule has 2 heterocycles. The second-order valence-corrected chi connectivity index (χ2v) is 7.96. The molecular formula is C27H25N3O2. The zero-order valence-corrected chi connectivity index (χ0v) is 18.0. The van der Waals surface area contributed by atoms with Crippen molar-refractivity contribution >= 4 is 28.7 Å². The number of hydrogen-bond acceptors (Lipinski definition) is 3. The number of rotatable bonds is 6. The zero-order valence-electron chi connectivity index (χ0n) is 18.0. The molecule has 5 heteroatoms. The number of aromatic nitrogens is 2. The van der Waals surface area contributed by atoms with Gasteiger partial charge in [-0.05, 0) is 29.8 Å². The van der Waals surface area contributed by atoms with Crippen LogP contribution in [0.3, 0.4) is 0 Å². The van der Waals surface area contributed by atoms with E-state index in [4.69, 9.17) is 9.72 Å². The fourth-order valence-corrected chi connectivity index (χ4v) is 4.42. The molecule has 0 bridgehead atoms. The summed E-state index contributed by atoms with van der Waals surface area (Å²) >= 11 is 0. The van der Waals surface area contributed by atoms with Gasteiger partial charge in [0.1, 0.15) is 11.6 Å². The number of amides is 1. The smallest absolute Gasteiger partial charge is 0.227 e. The maximum atomic E-state index is 13.0. The Labute approximate surface area is 187 Å². The first-order valence-electron chi connectivity index (χ1n) is 10.8. The lowest BCUT2D eigenvalue weighted by molar-refractivity contribution is -0.117. The van der Waals surface area contributed by atoms with Crippen molar-refractivity contribution in [2.75, 3.05) is 18.6 Å². The summed E-state index contributed by atoms with van der Waals surface area (Å²) in [7, 11) is 1.63. The molecule has 0 saturated carbocycles. The number of imidazole rings is 1. The van der Waals surface area contributed by atoms with Crippen molar-refractivity contribution in [3.63, 3.8) is 0 Å². The second kappa shape index (κ2) is 8.71. The SMILES string of the molecule is COc1ccccc1N1C[C@H](c2nc3ccccc3n2C/C=C/c2ccccc2)CC1=O. The van der Waals surface area contributed by atoms with Crippen LogP contribution in [0.1, 0.15) is 23.7 Å². The molecule has 1 aromatic heterocycles. The van der Waals surface area contributed by atoms with Gasteiger partial charge in [-0.2, -0.15) is 0 Å². The van der Waals surface area contributed by atoms with Crippen molar-refractivity contribution in [1.29, 1.82) is 0 Å². The average Bonchev–Trinajstić information content (AvgIpc) is 3.40. The third-order valence-electron chi connectivity index (χ3n) is 5.95. The highest BCUT2D eigenvalue weighted by Crippen LogP contribution is 2.37. The number of ether oxygens (including phenoxy) is 1. The van der Waals surface area contributed by atoms with Crippen molar-refractivity contribution in [3.05, 3.63) is 96.3 Å². The van der Waals surface area contributed by atoms with Crippen LogP contribution in [0.15, 0.2) is 84.9 Å². The van der Waals surface area contributed by atoms with E-state index in [0.717, 1.165) is 28.1 Å². The van der Waals surface area contributed by atoms with E-state index in [1.54, 1.807) is 7.11 Å². The maximum absolute atomic E-state index is 13.0. The van der Waals surface area contributed by atoms with Crippen molar-refractivity contribution in [3.8, 4) is 5.75 Å². The Hall–Kier alpha value is -3.86. The van der Waals surface area contributed by atoms with Gasteiger partial charge >= 0.3 is 0 Å². The molecule has 0 radical (unpaired) electrons. The van der Waals surface area contributed by atoms with E-state index in [9.17, 15) is 4.79 Å². The lowest BCUT2D eigenvalue weighted by Crippen LogP contribution is -2.25. The number of nitrogens with zero attached hydrogens (tertiary/aromatic N) is 3. The van der Waals surface area contributed by atoms with E-state index in [1.165, 1.54) is 0 Å². The molecule has 4 aromatic rings. The third-order valence-corrected chi connectivity index (χ3v) is 5.95. The summed E-state index contributed by atoms with van der Waals surface area (Å²) in [6, 6.07) is 26.1. The van der Waals surface area contributed by atoms with Crippen LogP contribution in [0.5, 0.6) is 5.75 Å². The summed E-state index contributed by atoms with van der Waals surface area (Å²) < 4.78 is 7.72. The standard InChI is InChI=1S/C27H25N3O2/c1-32-25-16-8-7-15-24(25)30-19-21(18-26(30)31)27-28-22-13-5-6-14-23(22)29(27)17-9-12-20-10-3-2-4-11-20/h2-16,21H,17-19H2,1H3/b12-9+/t21-/m1/s1. The Morgan fingerprint density at radius 3 is 2.59 bits per heavy atom. The van der Waals surface area contributed by atoms with E-state index in [0.29, 0.717) is 25.3 Å². The number of para-hydroxylation sites is 4. The number of benzene rings is 3. The zero-order chi connectivity index (χ0) is 21.9. The first-order valence-corrected chi connectivity index (χ1v) is 10.8. The fraction of sp³-hybridized carbons (Fsp3) is 0.185. The van der Waals surface area contributed by atoms with Crippen LogP contribution in [0, 0.1) is 0 Å². The highest BCUT2D eigenvalue weighted by Gasteiger charge is 2.35. The molecule has 32 heavy (non-hydrogen) atoms. The summed E-state index contributed by atoms with van der Waals surface area (Å²) in [5, 5.41) is 0. The second-order valence-electron chi connectivity index (χ2n) is 7.96. The van der Waals surface area contributed by atoms with Gasteiger partial charge in [-0.15, -0.1) is 0 Å². The highest BCUT2D eigenvalue weighted by molar-refractivity contribution is 5.97. The molecule has 160 valence electrons. The van der Waals surface area contributed by atoms with Crippen molar-refractivity contribution in [2.24, 2.45) is 0 Å². The van der Waals surface area contributed by atoms with Gasteiger partial charge in [0.05, 0.1) is 23.8 Å². The molecule has 0 spiro atoms. The Bertz CT molecular complexity index is 1280. The van der Waals surface area contributed by atoms with E-state index < -0.39 is 0 Å². The predicted molar refractivity (Wildman–Crippen MR) is 128 cm³/mol. The topological polar surface area (TPSA) is 47.4 Å². The molecule has 0 N–H and O–H groups in total. The normalized spacial score (nSPS) is 16.3. The summed E-state index contributed by atoms with van der Waals surface area (Å²) in [5.74, 6) is 1.78. The van der Waals surface area contributed by atoms with Crippen molar-refractivity contribution < 1.29 is 9.53 Å². The Balaban J connectivity index is 1.47. The van der Waals surface area contributed by atoms with Crippen molar-refractivity contribution in [2.45, 2.75) is 18.9 Å². The predicted octanol–water partition coefficient (Wildman–Crippen LogP) is 5.28. The Morgan fingerprint density at radius 2 is 1.75 bits per heavy atom. The number of anilines is 1. The van der Waals surface area contributed by atoms with Crippen LogP contribution >= 0.6 is 0 Å². The average molecular weight is 424 g/mol. The minimum atomic E-state index is 0.0185. The van der Waals surface area contributed by atoms with Crippen LogP contribution in [0.4, 0.5) is 5.69 Å². The van der Waals surface area contributed by atoms with E-state index in [-0.39, 0.29) is 11.8 Å². The molecule has 1 aliphatic rings. The largest absolute Gasteiger partial charge is 0.495 e. The minimum Gasteiger partial charge on any atom is -0.495 e. The number of hydrogen-bond donors (Lipinski definition) is 0. The lowest BCUT2D eigenvalue weighted by Gasteiger charge is -2.19. The van der Waals surface area contributed by atoms with Crippen LogP contribution in [-0.2, 0) is 11.3 Å². The maximum Gasteiger partial charge on any atom is 0.227 e. The van der Waals surface area contributed by atoms with Crippen molar-refractivity contribution in [1.82, 2.24) is 9.55 Å². The van der Waals surface area contributed by atoms with Gasteiger partial charge in [0.2, 0.25) is 5.91 Å². The first-order chi connectivity index (χ1) is 15.7. The van der Waals surface area contributed by atoms with Gasteiger partial charge in [0.15, 0.2) is 0 Å². The molecular weight excluding hydrogens is 398 g/mol. The molecule has 1 amide bonds. The van der Waals surface area contributed by atoms with Crippen LogP contribution in [-0.4, -0.2) is 29.1 Å². The Morgan fingerprint density at radius 1 is 1.00 bits per heavy atom. The molecule has 3 aromatic carbocycles. The summed E-state index contributed by atoms with van der Waals surface area (Å²) in [6.07, 6.45) is 4.71. The van der Waals surface area contributed by atoms with Gasteiger partial charge in [0, 0.05) is 25.4 Å². The van der Waals surface area contributed by atoms with Crippen LogP contribution in [0.2, 0.25) is 0 Å². The van der Waals surface area contributed by atoms with E-state index in [2.05, 4.69) is 34.9 Å². The highest BCUT2D eigenvalue weighted by atomic mass is 16.5. The van der Waals surface area contributed by atoms with Gasteiger partial charge in [0.25, 0.3) is 0 Å². The van der Waals surface area contributed by atoms with Gasteiger partial charge < -0.3 is 14.2 Å². The molecule has 1 saturated heterocycles. The number of methoxy groups -OCH3 is 1. The van der Waals surface area contributed by atoms with E-state index in [1.807, 2.05) is 65.6 Å². The molecule has 0 aliphatic carbocycles. The van der Waals surface area contributed by atoms with E-state index >= 15 is 0 Å². The number of carbonyl (C=O) groups is 1. The first kappa shape index (κ1) is 20.1. The van der Waals surface area contributed by atoms with Gasteiger partial charge in [-0.25, -0.2) is 4.98 Å². The molecule has 5 nitrogen and oxygen atoms in total. The lowest BCUT2D eigenvalue weighted by atomic mass is 10.1. The van der Waals surface area contributed by atoms with Gasteiger partial charge in [-0.1, -0.05) is 66.7 Å². The minimum absolute atomic E-state index is 0.0185. The number of carbonyl (C=O) groups excluding carboxylic acids is 1. The monoisotopic (exact) mass is 423 g/mol. The summed E-state index contributed by atoms with van der Waals surface area (Å²) in [5.41, 5.74) is 4.02. The summed E-state index contributed by atoms with van der Waals surface area (Å²) in [6.45, 7) is 1.29. The molecule has 5 rings (SSSR count). The molecule has 1 fully saturated rings. The van der Waals surface area contributed by atoms with Crippen LogP contribution in [0.25, 0.3) is 17.1 Å². The fourth-order valence-electron chi connectivity index (χ4n) is 4.42. The number of allylic oxidation sites excluding steroid dienone is 1. The number of fused-ring (bicyclic) bond motifs is 1. The molecule has 1 aliphatic heterocycles. The quantitative estimate of drug-likeness (QED) is 0.424.